The number of thiazole rings is 1. The summed E-state index contributed by atoms with van der Waals surface area (Å²) < 4.78 is 0.588. The molecule has 3 N–H and O–H groups in total. The number of carbonyl (C=O) groups excluding carboxylic acids is 2. The van der Waals surface area contributed by atoms with Crippen molar-refractivity contribution in [2.75, 3.05) is 21.7 Å². The average Bonchev–Trinajstić information content (AvgIpc) is 3.27. The monoisotopic (exact) mass is 406 g/mol. The van der Waals surface area contributed by atoms with E-state index in [9.17, 15) is 9.59 Å². The van der Waals surface area contributed by atoms with E-state index in [1.807, 2.05) is 31.2 Å². The van der Waals surface area contributed by atoms with Crippen molar-refractivity contribution in [1.82, 2.24) is 15.2 Å². The van der Waals surface area contributed by atoms with Crippen LogP contribution < -0.4 is 16.0 Å². The highest BCUT2D eigenvalue weighted by molar-refractivity contribution is 8.01. The van der Waals surface area contributed by atoms with Crippen LogP contribution in [0.3, 0.4) is 0 Å². The van der Waals surface area contributed by atoms with Crippen molar-refractivity contribution in [3.8, 4) is 0 Å². The minimum absolute atomic E-state index is 0.174. The highest BCUT2D eigenvalue weighted by atomic mass is 32.2. The second-order valence-electron chi connectivity index (χ2n) is 4.99. The van der Waals surface area contributed by atoms with Crippen LogP contribution >= 0.6 is 34.4 Å². The molecule has 26 heavy (non-hydrogen) atoms. The standard InChI is InChI=1S/C15H14N6O2S3/c1-9-2-4-10(5-3-9)17-12(23)19-14-20-21-15(26-14)25-8-11(22)18-13-16-6-7-24-13/h2-7H,8H2,1H3,(H,16,18,22)(H2,17,19,20,23). The molecule has 3 amide bonds. The van der Waals surface area contributed by atoms with Gasteiger partial charge in [0.15, 0.2) is 9.47 Å². The lowest BCUT2D eigenvalue weighted by atomic mass is 10.2. The molecule has 134 valence electrons. The van der Waals surface area contributed by atoms with Crippen molar-refractivity contribution in [3.05, 3.63) is 41.4 Å². The number of aromatic nitrogens is 3. The van der Waals surface area contributed by atoms with Gasteiger partial charge < -0.3 is 10.6 Å². The lowest BCUT2D eigenvalue weighted by molar-refractivity contribution is -0.113. The second-order valence-corrected chi connectivity index (χ2v) is 8.09. The third-order valence-electron chi connectivity index (χ3n) is 2.94. The fraction of sp³-hybridized carbons (Fsp3) is 0.133. The number of carbonyl (C=O) groups is 2. The van der Waals surface area contributed by atoms with Gasteiger partial charge in [-0.15, -0.1) is 21.5 Å². The molecule has 11 heteroatoms. The van der Waals surface area contributed by atoms with E-state index in [-0.39, 0.29) is 11.7 Å². The molecule has 3 aromatic rings. The molecule has 0 radical (unpaired) electrons. The Hall–Kier alpha value is -2.50. The number of hydrogen-bond donors (Lipinski definition) is 3. The van der Waals surface area contributed by atoms with Crippen LogP contribution in [0.2, 0.25) is 0 Å². The maximum atomic E-state index is 12.0. The van der Waals surface area contributed by atoms with E-state index in [2.05, 4.69) is 31.1 Å². The summed E-state index contributed by atoms with van der Waals surface area (Å²) >= 11 is 3.79. The van der Waals surface area contributed by atoms with Crippen molar-refractivity contribution in [2.24, 2.45) is 0 Å². The van der Waals surface area contributed by atoms with Crippen LogP contribution in [0.15, 0.2) is 40.2 Å². The number of benzene rings is 1. The fourth-order valence-corrected chi connectivity index (χ4v) is 3.87. The Bertz CT molecular complexity index is 879. The maximum absolute atomic E-state index is 12.0. The zero-order chi connectivity index (χ0) is 18.4. The van der Waals surface area contributed by atoms with Crippen LogP contribution in [0.4, 0.5) is 20.7 Å². The molecule has 0 saturated heterocycles. The summed E-state index contributed by atoms with van der Waals surface area (Å²) in [5, 5.41) is 18.6. The zero-order valence-corrected chi connectivity index (χ0v) is 16.0. The highest BCUT2D eigenvalue weighted by Gasteiger charge is 2.11. The van der Waals surface area contributed by atoms with E-state index in [4.69, 9.17) is 0 Å². The maximum Gasteiger partial charge on any atom is 0.325 e. The largest absolute Gasteiger partial charge is 0.325 e. The van der Waals surface area contributed by atoms with Crippen molar-refractivity contribution in [3.63, 3.8) is 0 Å². The number of thioether (sulfide) groups is 1. The normalized spacial score (nSPS) is 10.3. The lowest BCUT2D eigenvalue weighted by Crippen LogP contribution is -2.19. The summed E-state index contributed by atoms with van der Waals surface area (Å²) in [7, 11) is 0. The number of anilines is 3. The van der Waals surface area contributed by atoms with Gasteiger partial charge in [-0.25, -0.2) is 9.78 Å². The molecule has 2 heterocycles. The second kappa shape index (κ2) is 8.74. The van der Waals surface area contributed by atoms with E-state index in [1.54, 1.807) is 11.6 Å². The molecule has 8 nitrogen and oxygen atoms in total. The van der Waals surface area contributed by atoms with Crippen LogP contribution in [0.25, 0.3) is 0 Å². The highest BCUT2D eigenvalue weighted by Crippen LogP contribution is 2.25. The summed E-state index contributed by atoms with van der Waals surface area (Å²) in [6.07, 6.45) is 1.62. The average molecular weight is 407 g/mol. The molecule has 0 fully saturated rings. The topological polar surface area (TPSA) is 109 Å². The Morgan fingerprint density at radius 1 is 1.08 bits per heavy atom. The summed E-state index contributed by atoms with van der Waals surface area (Å²) in [6.45, 7) is 1.97. The van der Waals surface area contributed by atoms with Crippen LogP contribution in [-0.4, -0.2) is 32.9 Å². The van der Waals surface area contributed by atoms with E-state index in [0.29, 0.717) is 20.3 Å². The molecule has 0 atom stereocenters. The van der Waals surface area contributed by atoms with E-state index >= 15 is 0 Å². The van der Waals surface area contributed by atoms with Crippen molar-refractivity contribution < 1.29 is 9.59 Å². The van der Waals surface area contributed by atoms with Crippen LogP contribution in [0, 0.1) is 6.92 Å². The lowest BCUT2D eigenvalue weighted by Gasteiger charge is -2.04. The molecule has 0 saturated carbocycles. The minimum atomic E-state index is -0.400. The summed E-state index contributed by atoms with van der Waals surface area (Å²) in [4.78, 5) is 27.8. The van der Waals surface area contributed by atoms with Gasteiger partial charge in [0.25, 0.3) is 0 Å². The predicted octanol–water partition coefficient (Wildman–Crippen LogP) is 3.68. The smallest absolute Gasteiger partial charge is 0.308 e. The van der Waals surface area contributed by atoms with Crippen LogP contribution in [-0.2, 0) is 4.79 Å². The van der Waals surface area contributed by atoms with Crippen LogP contribution in [0.5, 0.6) is 0 Å². The molecule has 0 aliphatic heterocycles. The van der Waals surface area contributed by atoms with Gasteiger partial charge in [-0.2, -0.15) is 0 Å². The van der Waals surface area contributed by atoms with Gasteiger partial charge in [0.05, 0.1) is 5.75 Å². The molecule has 0 spiro atoms. The first-order valence-corrected chi connectivity index (χ1v) is 10.1. The molecule has 0 aliphatic rings. The zero-order valence-electron chi connectivity index (χ0n) is 13.6. The van der Waals surface area contributed by atoms with Gasteiger partial charge in [-0.3, -0.25) is 10.1 Å². The Morgan fingerprint density at radius 2 is 1.88 bits per heavy atom. The van der Waals surface area contributed by atoms with Crippen molar-refractivity contribution in [2.45, 2.75) is 11.3 Å². The van der Waals surface area contributed by atoms with Gasteiger partial charge >= 0.3 is 6.03 Å². The number of hydrogen-bond acceptors (Lipinski definition) is 8. The summed E-state index contributed by atoms with van der Waals surface area (Å²) in [5.41, 5.74) is 1.80. The first kappa shape index (κ1) is 18.3. The van der Waals surface area contributed by atoms with Crippen molar-refractivity contribution >= 4 is 62.3 Å². The molecule has 2 aromatic heterocycles. The molecule has 1 aromatic carbocycles. The van der Waals surface area contributed by atoms with Gasteiger partial charge in [0.2, 0.25) is 11.0 Å². The molecule has 3 rings (SSSR count). The molecule has 0 bridgehead atoms. The SMILES string of the molecule is Cc1ccc(NC(=O)Nc2nnc(SCC(=O)Nc3nccs3)s2)cc1. The Kier molecular flexibility index (Phi) is 6.15. The Labute approximate surface area is 161 Å². The number of nitrogens with one attached hydrogen (secondary N) is 3. The van der Waals surface area contributed by atoms with Gasteiger partial charge in [0, 0.05) is 17.3 Å². The first-order valence-electron chi connectivity index (χ1n) is 7.39. The predicted molar refractivity (Wildman–Crippen MR) is 105 cm³/mol. The molecular formula is C15H14N6O2S3. The minimum Gasteiger partial charge on any atom is -0.308 e. The van der Waals surface area contributed by atoms with Crippen molar-refractivity contribution in [1.29, 1.82) is 0 Å². The van der Waals surface area contributed by atoms with Gasteiger partial charge in [-0.05, 0) is 19.1 Å². The van der Waals surface area contributed by atoms with Gasteiger partial charge in [0.1, 0.15) is 0 Å². The number of amides is 3. The number of rotatable bonds is 6. The molecule has 0 aliphatic carbocycles. The number of nitrogens with zero attached hydrogens (tertiary/aromatic N) is 3. The van der Waals surface area contributed by atoms with Crippen LogP contribution in [0.1, 0.15) is 5.56 Å². The third-order valence-corrected chi connectivity index (χ3v) is 5.60. The fourth-order valence-electron chi connectivity index (χ4n) is 1.78. The van der Waals surface area contributed by atoms with Gasteiger partial charge in [-0.1, -0.05) is 40.8 Å². The van der Waals surface area contributed by atoms with E-state index in [0.717, 1.165) is 5.56 Å². The quantitative estimate of drug-likeness (QED) is 0.426. The Morgan fingerprint density at radius 3 is 2.62 bits per heavy atom. The first-order chi connectivity index (χ1) is 12.6. The van der Waals surface area contributed by atoms with E-state index < -0.39 is 6.03 Å². The molecular weight excluding hydrogens is 392 g/mol. The van der Waals surface area contributed by atoms with E-state index in [1.165, 1.54) is 34.4 Å². The number of aryl methyl sites for hydroxylation is 1. The molecule has 0 unspecified atom stereocenters. The Balaban J connectivity index is 1.45. The number of urea groups is 1. The summed E-state index contributed by atoms with van der Waals surface area (Å²) in [6, 6.07) is 7.05. The summed E-state index contributed by atoms with van der Waals surface area (Å²) in [5.74, 6) is 0.0100. The third kappa shape index (κ3) is 5.51.